The number of hydrogen-bond acceptors (Lipinski definition) is 2. The van der Waals surface area contributed by atoms with Crippen LogP contribution in [0.1, 0.15) is 5.56 Å². The molecule has 12 heavy (non-hydrogen) atoms. The van der Waals surface area contributed by atoms with E-state index in [0.29, 0.717) is 6.42 Å². The van der Waals surface area contributed by atoms with Crippen molar-refractivity contribution in [3.63, 3.8) is 0 Å². The van der Waals surface area contributed by atoms with E-state index in [-0.39, 0.29) is 35.5 Å². The predicted octanol–water partition coefficient (Wildman–Crippen LogP) is 0.754. The normalized spacial score (nSPS) is 8.42. The molecule has 0 saturated heterocycles. The van der Waals surface area contributed by atoms with Crippen LogP contribution in [0.2, 0.25) is 0 Å². The van der Waals surface area contributed by atoms with E-state index in [9.17, 15) is 4.79 Å². The van der Waals surface area contributed by atoms with Crippen molar-refractivity contribution < 1.29 is 9.53 Å². The Labute approximate surface area is 94.2 Å². The van der Waals surface area contributed by atoms with Crippen molar-refractivity contribution in [1.29, 1.82) is 0 Å². The van der Waals surface area contributed by atoms with Crippen molar-refractivity contribution in [1.82, 2.24) is 0 Å². The summed E-state index contributed by atoms with van der Waals surface area (Å²) in [6.07, 6.45) is 0.358. The van der Waals surface area contributed by atoms with Gasteiger partial charge in [-0.15, -0.1) is 0 Å². The molecular weight excluding hydrogens is 163 g/mol. The predicted molar refractivity (Wildman–Crippen MR) is 49.3 cm³/mol. The Kier molecular flexibility index (Phi) is 6.07. The average molecular weight is 174 g/mol. The number of methoxy groups -OCH3 is 1. The summed E-state index contributed by atoms with van der Waals surface area (Å²) >= 11 is 0. The molecule has 1 rings (SSSR count). The van der Waals surface area contributed by atoms with E-state index < -0.39 is 0 Å². The Hall–Kier alpha value is -0.310. The fraction of sp³-hybridized carbons (Fsp3) is 0.222. The van der Waals surface area contributed by atoms with Gasteiger partial charge in [-0.25, -0.2) is 0 Å². The molecule has 0 bridgehead atoms. The zero-order valence-electron chi connectivity index (χ0n) is 6.41. The molecule has 0 spiro atoms. The second kappa shape index (κ2) is 6.23. The van der Waals surface area contributed by atoms with Crippen molar-refractivity contribution in [3.8, 4) is 0 Å². The molecule has 0 amide bonds. The minimum absolute atomic E-state index is 0. The third-order valence-corrected chi connectivity index (χ3v) is 1.42. The van der Waals surface area contributed by atoms with Crippen LogP contribution in [-0.4, -0.2) is 42.6 Å². The molecule has 0 aliphatic carbocycles. The Morgan fingerprint density at radius 3 is 2.42 bits per heavy atom. The molecule has 0 aliphatic rings. The summed E-state index contributed by atoms with van der Waals surface area (Å²) in [5.74, 6) is -0.198. The van der Waals surface area contributed by atoms with Crippen molar-refractivity contribution >= 4 is 35.5 Å². The molecule has 0 unspecified atom stereocenters. The second-order valence-electron chi connectivity index (χ2n) is 2.24. The van der Waals surface area contributed by atoms with Crippen LogP contribution < -0.4 is 0 Å². The van der Waals surface area contributed by atoms with Crippen molar-refractivity contribution in [2.45, 2.75) is 6.42 Å². The summed E-state index contributed by atoms with van der Waals surface area (Å²) in [6, 6.07) is 9.52. The molecular formula is C9H11NaO2. The van der Waals surface area contributed by atoms with E-state index in [1.54, 1.807) is 0 Å². The molecule has 0 fully saturated rings. The van der Waals surface area contributed by atoms with Gasteiger partial charge < -0.3 is 4.74 Å². The molecule has 0 atom stereocenters. The number of carbonyl (C=O) groups excluding carboxylic acids is 1. The Morgan fingerprint density at radius 1 is 1.33 bits per heavy atom. The molecule has 0 saturated carbocycles. The Bertz CT molecular complexity index is 234. The van der Waals surface area contributed by atoms with Gasteiger partial charge in [-0.2, -0.15) is 0 Å². The summed E-state index contributed by atoms with van der Waals surface area (Å²) in [4.78, 5) is 10.8. The van der Waals surface area contributed by atoms with E-state index in [1.807, 2.05) is 30.3 Å². The fourth-order valence-electron chi connectivity index (χ4n) is 0.835. The number of carbonyl (C=O) groups is 1. The van der Waals surface area contributed by atoms with Crippen molar-refractivity contribution in [2.24, 2.45) is 0 Å². The molecule has 0 aromatic heterocycles. The van der Waals surface area contributed by atoms with Gasteiger partial charge in [-0.05, 0) is 5.56 Å². The zero-order chi connectivity index (χ0) is 8.10. The summed E-state index contributed by atoms with van der Waals surface area (Å²) in [5.41, 5.74) is 0.986. The number of ether oxygens (including phenoxy) is 1. The quantitative estimate of drug-likeness (QED) is 0.488. The van der Waals surface area contributed by atoms with E-state index in [0.717, 1.165) is 5.56 Å². The number of hydrogen-bond donors (Lipinski definition) is 0. The number of benzene rings is 1. The second-order valence-corrected chi connectivity index (χ2v) is 2.24. The summed E-state index contributed by atoms with van der Waals surface area (Å²) in [7, 11) is 1.39. The summed E-state index contributed by atoms with van der Waals surface area (Å²) in [5, 5.41) is 0. The Balaban J connectivity index is 0.00000121. The third-order valence-electron chi connectivity index (χ3n) is 1.42. The average Bonchev–Trinajstić information content (AvgIpc) is 2.06. The van der Waals surface area contributed by atoms with Crippen molar-refractivity contribution in [3.05, 3.63) is 35.9 Å². The van der Waals surface area contributed by atoms with Gasteiger partial charge in [0.15, 0.2) is 0 Å². The molecule has 1 aromatic rings. The van der Waals surface area contributed by atoms with Gasteiger partial charge in [-0.3, -0.25) is 4.79 Å². The zero-order valence-corrected chi connectivity index (χ0v) is 6.41. The first kappa shape index (κ1) is 11.7. The van der Waals surface area contributed by atoms with Crippen LogP contribution in [0, 0.1) is 0 Å². The van der Waals surface area contributed by atoms with Crippen LogP contribution in [0.15, 0.2) is 30.3 Å². The van der Waals surface area contributed by atoms with Crippen LogP contribution in [0.5, 0.6) is 0 Å². The molecule has 1 aromatic carbocycles. The van der Waals surface area contributed by atoms with Crippen LogP contribution in [-0.2, 0) is 16.0 Å². The van der Waals surface area contributed by atoms with Crippen LogP contribution in [0.4, 0.5) is 0 Å². The first-order chi connectivity index (χ1) is 5.33. The van der Waals surface area contributed by atoms with Gasteiger partial charge in [0.2, 0.25) is 0 Å². The molecule has 60 valence electrons. The van der Waals surface area contributed by atoms with E-state index in [1.165, 1.54) is 7.11 Å². The van der Waals surface area contributed by atoms with Gasteiger partial charge >= 0.3 is 35.5 Å². The summed E-state index contributed by atoms with van der Waals surface area (Å²) < 4.78 is 4.52. The maximum absolute atomic E-state index is 10.8. The molecule has 0 radical (unpaired) electrons. The molecule has 0 N–H and O–H groups in total. The van der Waals surface area contributed by atoms with Gasteiger partial charge in [0.1, 0.15) is 0 Å². The van der Waals surface area contributed by atoms with E-state index >= 15 is 0 Å². The van der Waals surface area contributed by atoms with Crippen LogP contribution >= 0.6 is 0 Å². The number of rotatable bonds is 2. The molecule has 0 aliphatic heterocycles. The van der Waals surface area contributed by atoms with Gasteiger partial charge in [-0.1, -0.05) is 30.3 Å². The SMILES string of the molecule is COC(=O)Cc1ccccc1.[NaH]. The maximum atomic E-state index is 10.8. The van der Waals surface area contributed by atoms with Crippen LogP contribution in [0.3, 0.4) is 0 Å². The fourth-order valence-corrected chi connectivity index (χ4v) is 0.835. The number of esters is 1. The molecule has 2 nitrogen and oxygen atoms in total. The first-order valence-corrected chi connectivity index (χ1v) is 3.43. The van der Waals surface area contributed by atoms with Crippen molar-refractivity contribution in [2.75, 3.05) is 7.11 Å². The minimum atomic E-state index is -0.198. The van der Waals surface area contributed by atoms with E-state index in [2.05, 4.69) is 4.74 Å². The monoisotopic (exact) mass is 174 g/mol. The third kappa shape index (κ3) is 3.90. The topological polar surface area (TPSA) is 26.3 Å². The van der Waals surface area contributed by atoms with E-state index in [4.69, 9.17) is 0 Å². The standard InChI is InChI=1S/C9H10O2.Na.H/c1-11-9(10)7-8-5-3-2-4-6-8;;/h2-6H,7H2,1H3;;. The van der Waals surface area contributed by atoms with Gasteiger partial charge in [0.25, 0.3) is 0 Å². The molecule has 0 heterocycles. The molecule has 3 heteroatoms. The van der Waals surface area contributed by atoms with Gasteiger partial charge in [0.05, 0.1) is 13.5 Å². The first-order valence-electron chi connectivity index (χ1n) is 3.43. The summed E-state index contributed by atoms with van der Waals surface area (Å²) in [6.45, 7) is 0. The van der Waals surface area contributed by atoms with Crippen LogP contribution in [0.25, 0.3) is 0 Å². The Morgan fingerprint density at radius 2 is 1.92 bits per heavy atom. The van der Waals surface area contributed by atoms with Gasteiger partial charge in [0, 0.05) is 0 Å².